The normalized spacial score (nSPS) is 10.4. The maximum Gasteiger partial charge on any atom is 0.178 e. The van der Waals surface area contributed by atoms with Crippen LogP contribution in [0.5, 0.6) is 5.75 Å². The van der Waals surface area contributed by atoms with Crippen molar-refractivity contribution in [3.8, 4) is 5.75 Å². The zero-order valence-electron chi connectivity index (χ0n) is 9.57. The van der Waals surface area contributed by atoms with E-state index in [1.165, 1.54) is 11.3 Å². The number of ether oxygens (including phenoxy) is 1. The van der Waals surface area contributed by atoms with Gasteiger partial charge in [-0.05, 0) is 61.0 Å². The fourth-order valence-corrected chi connectivity index (χ4v) is 3.70. The van der Waals surface area contributed by atoms with E-state index in [2.05, 4.69) is 31.9 Å². The van der Waals surface area contributed by atoms with Crippen molar-refractivity contribution in [2.75, 3.05) is 7.11 Å². The number of Topliss-reactive ketones (excluding diaryl/α,β-unsaturated/α-hetero) is 1. The monoisotopic (exact) mass is 388 g/mol. The standard InChI is InChI=1S/C13H10Br2O2S/c1-17-12-3-2-8(6-10(12)15)7-11(16)13-9(14)4-5-18-13/h2-6H,7H2,1H3. The molecule has 2 rings (SSSR count). The van der Waals surface area contributed by atoms with Crippen LogP contribution in [-0.2, 0) is 6.42 Å². The van der Waals surface area contributed by atoms with Gasteiger partial charge in [-0.2, -0.15) is 0 Å². The van der Waals surface area contributed by atoms with Crippen LogP contribution in [0.2, 0.25) is 0 Å². The Hall–Kier alpha value is -0.650. The van der Waals surface area contributed by atoms with Crippen molar-refractivity contribution in [2.45, 2.75) is 6.42 Å². The molecule has 0 bridgehead atoms. The SMILES string of the molecule is COc1ccc(CC(=O)c2sccc2Br)cc1Br. The highest BCUT2D eigenvalue weighted by Gasteiger charge is 2.13. The van der Waals surface area contributed by atoms with Crippen molar-refractivity contribution >= 4 is 49.0 Å². The number of methoxy groups -OCH3 is 1. The van der Waals surface area contributed by atoms with Gasteiger partial charge in [-0.1, -0.05) is 6.07 Å². The summed E-state index contributed by atoms with van der Waals surface area (Å²) in [5.41, 5.74) is 0.966. The van der Waals surface area contributed by atoms with Gasteiger partial charge in [0, 0.05) is 10.9 Å². The molecule has 0 atom stereocenters. The minimum absolute atomic E-state index is 0.119. The maximum atomic E-state index is 12.1. The molecule has 94 valence electrons. The van der Waals surface area contributed by atoms with Crippen LogP contribution in [0.4, 0.5) is 0 Å². The number of halogens is 2. The molecule has 5 heteroatoms. The summed E-state index contributed by atoms with van der Waals surface area (Å²) >= 11 is 8.25. The smallest absolute Gasteiger partial charge is 0.178 e. The molecule has 0 spiro atoms. The molecule has 0 N–H and O–H groups in total. The lowest BCUT2D eigenvalue weighted by Crippen LogP contribution is -2.02. The molecule has 2 aromatic rings. The number of carbonyl (C=O) groups excluding carboxylic acids is 1. The zero-order valence-corrected chi connectivity index (χ0v) is 13.6. The summed E-state index contributed by atoms with van der Waals surface area (Å²) in [4.78, 5) is 12.9. The molecule has 18 heavy (non-hydrogen) atoms. The molecule has 1 heterocycles. The number of hydrogen-bond acceptors (Lipinski definition) is 3. The largest absolute Gasteiger partial charge is 0.496 e. The molecule has 1 aromatic carbocycles. The van der Waals surface area contributed by atoms with E-state index < -0.39 is 0 Å². The first-order valence-corrected chi connectivity index (χ1v) is 7.67. The lowest BCUT2D eigenvalue weighted by Gasteiger charge is -2.05. The van der Waals surface area contributed by atoms with Gasteiger partial charge in [-0.25, -0.2) is 0 Å². The minimum atomic E-state index is 0.119. The zero-order chi connectivity index (χ0) is 13.1. The summed E-state index contributed by atoms with van der Waals surface area (Å²) < 4.78 is 6.89. The molecule has 2 nitrogen and oxygen atoms in total. The van der Waals surface area contributed by atoms with Crippen LogP contribution >= 0.6 is 43.2 Å². The Morgan fingerprint density at radius 2 is 2.06 bits per heavy atom. The van der Waals surface area contributed by atoms with E-state index in [1.807, 2.05) is 29.6 Å². The summed E-state index contributed by atoms with van der Waals surface area (Å²) in [5, 5.41) is 1.90. The Balaban J connectivity index is 2.17. The summed E-state index contributed by atoms with van der Waals surface area (Å²) in [6.45, 7) is 0. The molecule has 0 aliphatic carbocycles. The fraction of sp³-hybridized carbons (Fsp3) is 0.154. The Morgan fingerprint density at radius 3 is 2.61 bits per heavy atom. The fourth-order valence-electron chi connectivity index (χ4n) is 1.58. The molecule has 0 saturated carbocycles. The third-order valence-corrected chi connectivity index (χ3v) is 4.95. The second kappa shape index (κ2) is 5.99. The number of benzene rings is 1. The second-order valence-electron chi connectivity index (χ2n) is 3.67. The Labute approximate surface area is 126 Å². The molecule has 0 aliphatic rings. The van der Waals surface area contributed by atoms with E-state index in [1.54, 1.807) is 7.11 Å². The third kappa shape index (κ3) is 3.02. The van der Waals surface area contributed by atoms with Gasteiger partial charge in [0.25, 0.3) is 0 Å². The number of carbonyl (C=O) groups is 1. The first-order valence-electron chi connectivity index (χ1n) is 5.20. The molecule has 0 unspecified atom stereocenters. The van der Waals surface area contributed by atoms with Crippen molar-refractivity contribution in [1.82, 2.24) is 0 Å². The van der Waals surface area contributed by atoms with Crippen molar-refractivity contribution in [3.63, 3.8) is 0 Å². The van der Waals surface area contributed by atoms with E-state index in [9.17, 15) is 4.79 Å². The van der Waals surface area contributed by atoms with E-state index in [0.29, 0.717) is 6.42 Å². The van der Waals surface area contributed by atoms with E-state index >= 15 is 0 Å². The van der Waals surface area contributed by atoms with Crippen LogP contribution < -0.4 is 4.74 Å². The van der Waals surface area contributed by atoms with Gasteiger partial charge in [0.05, 0.1) is 16.5 Å². The van der Waals surface area contributed by atoms with Crippen LogP contribution in [0, 0.1) is 0 Å². The highest BCUT2D eigenvalue weighted by molar-refractivity contribution is 9.11. The first kappa shape index (κ1) is 13.8. The van der Waals surface area contributed by atoms with Crippen LogP contribution in [0.25, 0.3) is 0 Å². The van der Waals surface area contributed by atoms with Gasteiger partial charge in [0.2, 0.25) is 0 Å². The van der Waals surface area contributed by atoms with Crippen LogP contribution in [0.15, 0.2) is 38.6 Å². The van der Waals surface area contributed by atoms with Crippen molar-refractivity contribution < 1.29 is 9.53 Å². The predicted molar refractivity (Wildman–Crippen MR) is 80.7 cm³/mol. The highest BCUT2D eigenvalue weighted by atomic mass is 79.9. The molecule has 0 fully saturated rings. The topological polar surface area (TPSA) is 26.3 Å². The van der Waals surface area contributed by atoms with Crippen LogP contribution in [0.1, 0.15) is 15.2 Å². The summed E-state index contributed by atoms with van der Waals surface area (Å²) in [6.07, 6.45) is 0.391. The molecule has 0 saturated heterocycles. The number of hydrogen-bond donors (Lipinski definition) is 0. The van der Waals surface area contributed by atoms with Gasteiger partial charge in [0.1, 0.15) is 5.75 Å². The maximum absolute atomic E-state index is 12.1. The third-order valence-electron chi connectivity index (χ3n) is 2.45. The number of thiophene rings is 1. The summed E-state index contributed by atoms with van der Waals surface area (Å²) in [7, 11) is 1.62. The average Bonchev–Trinajstić information content (AvgIpc) is 2.76. The van der Waals surface area contributed by atoms with Gasteiger partial charge in [-0.15, -0.1) is 11.3 Å². The molecule has 0 aliphatic heterocycles. The van der Waals surface area contributed by atoms with E-state index in [4.69, 9.17) is 4.74 Å². The first-order chi connectivity index (χ1) is 8.61. The van der Waals surface area contributed by atoms with E-state index in [0.717, 1.165) is 25.1 Å². The lowest BCUT2D eigenvalue weighted by molar-refractivity contribution is 0.0996. The number of ketones is 1. The Bertz CT molecular complexity index is 578. The van der Waals surface area contributed by atoms with Crippen molar-refractivity contribution in [1.29, 1.82) is 0 Å². The molecular weight excluding hydrogens is 380 g/mol. The summed E-state index contributed by atoms with van der Waals surface area (Å²) in [6, 6.07) is 7.57. The van der Waals surface area contributed by atoms with Crippen molar-refractivity contribution in [3.05, 3.63) is 49.0 Å². The average molecular weight is 390 g/mol. The van der Waals surface area contributed by atoms with Gasteiger partial charge in [0.15, 0.2) is 5.78 Å². The minimum Gasteiger partial charge on any atom is -0.496 e. The van der Waals surface area contributed by atoms with Gasteiger partial charge >= 0.3 is 0 Å². The molecule has 1 aromatic heterocycles. The van der Waals surface area contributed by atoms with Crippen LogP contribution in [0.3, 0.4) is 0 Å². The quantitative estimate of drug-likeness (QED) is 0.708. The Kier molecular flexibility index (Phi) is 4.59. The van der Waals surface area contributed by atoms with Gasteiger partial charge in [-0.3, -0.25) is 4.79 Å². The summed E-state index contributed by atoms with van der Waals surface area (Å²) in [5.74, 6) is 0.887. The molecular formula is C13H10Br2O2S. The highest BCUT2D eigenvalue weighted by Crippen LogP contribution is 2.28. The molecule has 0 radical (unpaired) electrons. The molecule has 0 amide bonds. The van der Waals surface area contributed by atoms with Crippen molar-refractivity contribution in [2.24, 2.45) is 0 Å². The van der Waals surface area contributed by atoms with Crippen LogP contribution in [-0.4, -0.2) is 12.9 Å². The predicted octanol–water partition coefficient (Wildman–Crippen LogP) is 4.71. The van der Waals surface area contributed by atoms with Gasteiger partial charge < -0.3 is 4.74 Å². The lowest BCUT2D eigenvalue weighted by atomic mass is 10.1. The van der Waals surface area contributed by atoms with E-state index in [-0.39, 0.29) is 5.78 Å². The second-order valence-corrected chi connectivity index (χ2v) is 6.29. The number of rotatable bonds is 4. The Morgan fingerprint density at radius 1 is 1.28 bits per heavy atom.